The molecular formula is C12H17BrO2. The van der Waals surface area contributed by atoms with Gasteiger partial charge >= 0.3 is 0 Å². The molecule has 15 heavy (non-hydrogen) atoms. The lowest BCUT2D eigenvalue weighted by Crippen LogP contribution is -1.99. The van der Waals surface area contributed by atoms with Crippen LogP contribution in [0, 0.1) is 0 Å². The van der Waals surface area contributed by atoms with Crippen LogP contribution in [0.1, 0.15) is 43.9 Å². The summed E-state index contributed by atoms with van der Waals surface area (Å²) in [5, 5.41) is 9.56. The van der Waals surface area contributed by atoms with E-state index in [4.69, 9.17) is 4.74 Å². The predicted octanol–water partition coefficient (Wildman–Crippen LogP) is 3.63. The highest BCUT2D eigenvalue weighted by Gasteiger charge is 2.14. The van der Waals surface area contributed by atoms with E-state index in [0.29, 0.717) is 5.92 Å². The molecule has 1 aromatic rings. The molecule has 1 rings (SSSR count). The van der Waals surface area contributed by atoms with Crippen molar-refractivity contribution >= 4 is 15.9 Å². The number of aliphatic hydroxyl groups is 1. The van der Waals surface area contributed by atoms with Gasteiger partial charge in [0.2, 0.25) is 0 Å². The molecule has 0 spiro atoms. The van der Waals surface area contributed by atoms with Gasteiger partial charge < -0.3 is 9.84 Å². The highest BCUT2D eigenvalue weighted by Crippen LogP contribution is 2.36. The fourth-order valence-corrected chi connectivity index (χ4v) is 2.18. The Bertz CT molecular complexity index is 346. The minimum atomic E-state index is -0.454. The van der Waals surface area contributed by atoms with Crippen LogP contribution in [-0.2, 0) is 0 Å². The van der Waals surface area contributed by atoms with Gasteiger partial charge in [-0.3, -0.25) is 0 Å². The quantitative estimate of drug-likeness (QED) is 0.911. The number of hydrogen-bond acceptors (Lipinski definition) is 2. The first kappa shape index (κ1) is 12.5. The van der Waals surface area contributed by atoms with E-state index in [9.17, 15) is 5.11 Å². The molecule has 0 heterocycles. The Kier molecular flexibility index (Phi) is 4.17. The molecule has 3 heteroatoms. The van der Waals surface area contributed by atoms with Crippen molar-refractivity contribution in [2.24, 2.45) is 0 Å². The molecule has 0 amide bonds. The second kappa shape index (κ2) is 4.99. The smallest absolute Gasteiger partial charge is 0.136 e. The molecular weight excluding hydrogens is 256 g/mol. The summed E-state index contributed by atoms with van der Waals surface area (Å²) >= 11 is 3.46. The maximum absolute atomic E-state index is 9.56. The monoisotopic (exact) mass is 272 g/mol. The summed E-state index contributed by atoms with van der Waals surface area (Å²) in [4.78, 5) is 0. The minimum Gasteiger partial charge on any atom is -0.495 e. The molecule has 0 aliphatic rings. The van der Waals surface area contributed by atoms with Crippen molar-refractivity contribution in [2.45, 2.75) is 32.8 Å². The number of halogens is 1. The van der Waals surface area contributed by atoms with Gasteiger partial charge in [0.25, 0.3) is 0 Å². The molecule has 0 aliphatic heterocycles. The van der Waals surface area contributed by atoms with Crippen LogP contribution in [0.15, 0.2) is 16.6 Å². The van der Waals surface area contributed by atoms with Gasteiger partial charge in [-0.05, 0) is 52.0 Å². The van der Waals surface area contributed by atoms with Crippen LogP contribution in [0.4, 0.5) is 0 Å². The first-order valence-corrected chi connectivity index (χ1v) is 5.82. The molecule has 0 saturated carbocycles. The van der Waals surface area contributed by atoms with Crippen molar-refractivity contribution < 1.29 is 9.84 Å². The molecule has 0 radical (unpaired) electrons. The summed E-state index contributed by atoms with van der Waals surface area (Å²) < 4.78 is 6.24. The van der Waals surface area contributed by atoms with E-state index in [1.54, 1.807) is 14.0 Å². The summed E-state index contributed by atoms with van der Waals surface area (Å²) in [7, 11) is 1.66. The van der Waals surface area contributed by atoms with Crippen molar-refractivity contribution in [1.29, 1.82) is 0 Å². The number of benzene rings is 1. The number of ether oxygens (including phenoxy) is 1. The lowest BCUT2D eigenvalue weighted by Gasteiger charge is -2.16. The Balaban J connectivity index is 3.32. The molecule has 1 N–H and O–H groups in total. The van der Waals surface area contributed by atoms with Crippen molar-refractivity contribution in [3.05, 3.63) is 27.7 Å². The van der Waals surface area contributed by atoms with Gasteiger partial charge in [-0.1, -0.05) is 13.8 Å². The van der Waals surface area contributed by atoms with E-state index < -0.39 is 6.10 Å². The third-order valence-corrected chi connectivity index (χ3v) is 2.99. The lowest BCUT2D eigenvalue weighted by atomic mass is 9.98. The first-order valence-electron chi connectivity index (χ1n) is 5.02. The molecule has 1 aromatic carbocycles. The Labute approximate surface area is 99.4 Å². The summed E-state index contributed by atoms with van der Waals surface area (Å²) in [6, 6.07) is 3.90. The maximum atomic E-state index is 9.56. The zero-order valence-corrected chi connectivity index (χ0v) is 11.1. The van der Waals surface area contributed by atoms with Crippen LogP contribution in [0.25, 0.3) is 0 Å². The van der Waals surface area contributed by atoms with E-state index in [1.807, 2.05) is 12.1 Å². The molecule has 1 atom stereocenters. The summed E-state index contributed by atoms with van der Waals surface area (Å²) in [5.41, 5.74) is 2.02. The Morgan fingerprint density at radius 1 is 1.27 bits per heavy atom. The first-order chi connectivity index (χ1) is 6.97. The molecule has 1 unspecified atom stereocenters. The zero-order chi connectivity index (χ0) is 11.6. The van der Waals surface area contributed by atoms with Gasteiger partial charge in [0.15, 0.2) is 0 Å². The average molecular weight is 273 g/mol. The molecule has 84 valence electrons. The van der Waals surface area contributed by atoms with Crippen LogP contribution in [0.5, 0.6) is 5.75 Å². The Morgan fingerprint density at radius 2 is 1.87 bits per heavy atom. The lowest BCUT2D eigenvalue weighted by molar-refractivity contribution is 0.199. The number of rotatable bonds is 3. The van der Waals surface area contributed by atoms with E-state index in [-0.39, 0.29) is 0 Å². The highest BCUT2D eigenvalue weighted by atomic mass is 79.9. The van der Waals surface area contributed by atoms with Crippen LogP contribution in [0.3, 0.4) is 0 Å². The summed E-state index contributed by atoms with van der Waals surface area (Å²) in [5.74, 6) is 1.23. The number of hydrogen-bond donors (Lipinski definition) is 1. The zero-order valence-electron chi connectivity index (χ0n) is 9.54. The second-order valence-electron chi connectivity index (χ2n) is 3.96. The van der Waals surface area contributed by atoms with E-state index in [1.165, 1.54) is 0 Å². The summed E-state index contributed by atoms with van der Waals surface area (Å²) in [6.07, 6.45) is -0.454. The van der Waals surface area contributed by atoms with Crippen LogP contribution in [0.2, 0.25) is 0 Å². The number of methoxy groups -OCH3 is 1. The van der Waals surface area contributed by atoms with E-state index in [2.05, 4.69) is 29.8 Å². The van der Waals surface area contributed by atoms with E-state index >= 15 is 0 Å². The predicted molar refractivity (Wildman–Crippen MR) is 65.4 cm³/mol. The molecule has 0 saturated heterocycles. The standard InChI is InChI=1S/C12H17BrO2/c1-7(2)10-5-9(8(3)14)6-11(13)12(10)15-4/h5-8,14H,1-4H3. The van der Waals surface area contributed by atoms with E-state index in [0.717, 1.165) is 21.3 Å². The molecule has 0 aliphatic carbocycles. The van der Waals surface area contributed by atoms with Crippen molar-refractivity contribution in [3.63, 3.8) is 0 Å². The second-order valence-corrected chi connectivity index (χ2v) is 4.81. The van der Waals surface area contributed by atoms with Gasteiger partial charge in [-0.2, -0.15) is 0 Å². The van der Waals surface area contributed by atoms with Crippen molar-refractivity contribution in [3.8, 4) is 5.75 Å². The van der Waals surface area contributed by atoms with Gasteiger partial charge in [-0.15, -0.1) is 0 Å². The van der Waals surface area contributed by atoms with Gasteiger partial charge in [0.1, 0.15) is 5.75 Å². The summed E-state index contributed by atoms with van der Waals surface area (Å²) in [6.45, 7) is 5.98. The minimum absolute atomic E-state index is 0.370. The third-order valence-electron chi connectivity index (χ3n) is 2.40. The Hall–Kier alpha value is -0.540. The average Bonchev–Trinajstić information content (AvgIpc) is 2.16. The van der Waals surface area contributed by atoms with Gasteiger partial charge in [0, 0.05) is 0 Å². The largest absolute Gasteiger partial charge is 0.495 e. The van der Waals surface area contributed by atoms with Crippen molar-refractivity contribution in [1.82, 2.24) is 0 Å². The van der Waals surface area contributed by atoms with Gasteiger partial charge in [0.05, 0.1) is 17.7 Å². The molecule has 2 nitrogen and oxygen atoms in total. The fourth-order valence-electron chi connectivity index (χ4n) is 1.52. The molecule has 0 bridgehead atoms. The SMILES string of the molecule is COc1c(Br)cc(C(C)O)cc1C(C)C. The normalized spacial score (nSPS) is 13.0. The Morgan fingerprint density at radius 3 is 2.27 bits per heavy atom. The van der Waals surface area contributed by atoms with Crippen LogP contribution in [-0.4, -0.2) is 12.2 Å². The third kappa shape index (κ3) is 2.73. The van der Waals surface area contributed by atoms with Gasteiger partial charge in [-0.25, -0.2) is 0 Å². The van der Waals surface area contributed by atoms with Crippen molar-refractivity contribution in [2.75, 3.05) is 7.11 Å². The number of aliphatic hydroxyl groups excluding tert-OH is 1. The molecule has 0 aromatic heterocycles. The van der Waals surface area contributed by atoms with Crippen LogP contribution < -0.4 is 4.74 Å². The topological polar surface area (TPSA) is 29.5 Å². The fraction of sp³-hybridized carbons (Fsp3) is 0.500. The maximum Gasteiger partial charge on any atom is 0.136 e. The molecule has 0 fully saturated rings. The van der Waals surface area contributed by atoms with Crippen LogP contribution >= 0.6 is 15.9 Å². The highest BCUT2D eigenvalue weighted by molar-refractivity contribution is 9.10.